The van der Waals surface area contributed by atoms with E-state index < -0.39 is 54.4 Å². The summed E-state index contributed by atoms with van der Waals surface area (Å²) in [6.45, 7) is 4.47. The number of benzene rings is 2. The Kier molecular flexibility index (Phi) is 10.5. The zero-order valence-electron chi connectivity index (χ0n) is 24.8. The maximum Gasteiger partial charge on any atom is 0.303 e. The van der Waals surface area contributed by atoms with Crippen LogP contribution >= 0.6 is 11.8 Å². The Labute approximate surface area is 255 Å². The lowest BCUT2D eigenvalue weighted by atomic mass is 9.88. The SMILES string of the molecule is CSc1cc(C#N)c(Cc2ccc(C3CC3)cc2)cc1[C@@H]1O[C@H](COC(C)=O)[C@@H](OC(C)=O)[C@H](OC(C)=O)[C@H]1OC(C)=O. The van der Waals surface area contributed by atoms with Crippen LogP contribution in [0.5, 0.6) is 0 Å². The summed E-state index contributed by atoms with van der Waals surface area (Å²) in [7, 11) is 0. The largest absolute Gasteiger partial charge is 0.463 e. The molecular formula is C32H35NO9S. The summed E-state index contributed by atoms with van der Waals surface area (Å²) in [6.07, 6.45) is -1.17. The molecule has 0 bridgehead atoms. The topological polar surface area (TPSA) is 138 Å². The van der Waals surface area contributed by atoms with E-state index in [2.05, 4.69) is 30.3 Å². The van der Waals surface area contributed by atoms with Crippen molar-refractivity contribution in [3.8, 4) is 6.07 Å². The Morgan fingerprint density at radius 3 is 2.02 bits per heavy atom. The summed E-state index contributed by atoms with van der Waals surface area (Å²) >= 11 is 1.36. The molecule has 0 spiro atoms. The molecule has 228 valence electrons. The lowest BCUT2D eigenvalue weighted by molar-refractivity contribution is -0.254. The molecule has 0 amide bonds. The van der Waals surface area contributed by atoms with Gasteiger partial charge in [0.2, 0.25) is 0 Å². The van der Waals surface area contributed by atoms with E-state index in [1.807, 2.05) is 12.3 Å². The average molecular weight is 610 g/mol. The van der Waals surface area contributed by atoms with Gasteiger partial charge in [-0.15, -0.1) is 11.8 Å². The molecule has 0 radical (unpaired) electrons. The molecule has 1 saturated heterocycles. The van der Waals surface area contributed by atoms with Crippen LogP contribution in [-0.4, -0.2) is 61.2 Å². The summed E-state index contributed by atoms with van der Waals surface area (Å²) in [5.74, 6) is -2.04. The second kappa shape index (κ2) is 14.1. The molecule has 0 aromatic heterocycles. The first kappa shape index (κ1) is 32.0. The highest BCUT2D eigenvalue weighted by Crippen LogP contribution is 2.42. The van der Waals surface area contributed by atoms with Crippen LogP contribution in [-0.2, 0) is 49.3 Å². The normalized spacial score (nSPS) is 23.0. The highest BCUT2D eigenvalue weighted by Gasteiger charge is 2.53. The summed E-state index contributed by atoms with van der Waals surface area (Å²) in [6, 6.07) is 14.2. The molecule has 1 saturated carbocycles. The van der Waals surface area contributed by atoms with Crippen molar-refractivity contribution in [1.82, 2.24) is 0 Å². The number of thioether (sulfide) groups is 1. The molecule has 2 aromatic carbocycles. The van der Waals surface area contributed by atoms with Gasteiger partial charge < -0.3 is 23.7 Å². The van der Waals surface area contributed by atoms with Crippen LogP contribution in [0.2, 0.25) is 0 Å². The van der Waals surface area contributed by atoms with E-state index in [9.17, 15) is 24.4 Å². The van der Waals surface area contributed by atoms with Crippen LogP contribution in [0.1, 0.15) is 80.4 Å². The third-order valence-corrected chi connectivity index (χ3v) is 8.09. The number of ether oxygens (including phenoxy) is 5. The highest BCUT2D eigenvalue weighted by molar-refractivity contribution is 7.98. The van der Waals surface area contributed by atoms with Gasteiger partial charge in [0.05, 0.1) is 11.6 Å². The Bertz CT molecular complexity index is 1410. The van der Waals surface area contributed by atoms with Crippen molar-refractivity contribution in [1.29, 1.82) is 5.26 Å². The van der Waals surface area contributed by atoms with Crippen molar-refractivity contribution in [2.75, 3.05) is 12.9 Å². The molecule has 0 N–H and O–H groups in total. The smallest absolute Gasteiger partial charge is 0.303 e. The van der Waals surface area contributed by atoms with Crippen molar-refractivity contribution in [2.45, 2.75) is 88.3 Å². The molecule has 4 rings (SSSR count). The zero-order valence-corrected chi connectivity index (χ0v) is 25.6. The van der Waals surface area contributed by atoms with E-state index >= 15 is 0 Å². The maximum atomic E-state index is 12.3. The van der Waals surface area contributed by atoms with Crippen molar-refractivity contribution >= 4 is 35.6 Å². The minimum absolute atomic E-state index is 0.320. The van der Waals surface area contributed by atoms with Crippen molar-refractivity contribution < 1.29 is 42.9 Å². The molecule has 0 unspecified atom stereocenters. The number of nitrogens with zero attached hydrogens (tertiary/aromatic N) is 1. The van der Waals surface area contributed by atoms with E-state index in [1.54, 1.807) is 6.07 Å². The third kappa shape index (κ3) is 8.15. The minimum Gasteiger partial charge on any atom is -0.463 e. The van der Waals surface area contributed by atoms with Gasteiger partial charge in [0.25, 0.3) is 0 Å². The van der Waals surface area contributed by atoms with Crippen LogP contribution in [0.3, 0.4) is 0 Å². The first-order chi connectivity index (χ1) is 20.5. The highest BCUT2D eigenvalue weighted by atomic mass is 32.2. The molecule has 1 aliphatic heterocycles. The lowest BCUT2D eigenvalue weighted by Crippen LogP contribution is -2.59. The minimum atomic E-state index is -1.28. The third-order valence-electron chi connectivity index (χ3n) is 7.30. The molecule has 10 nitrogen and oxygen atoms in total. The first-order valence-corrected chi connectivity index (χ1v) is 15.2. The Balaban J connectivity index is 1.81. The lowest BCUT2D eigenvalue weighted by Gasteiger charge is -2.45. The van der Waals surface area contributed by atoms with Gasteiger partial charge in [0.15, 0.2) is 18.3 Å². The predicted molar refractivity (Wildman–Crippen MR) is 155 cm³/mol. The number of carbonyl (C=O) groups is 4. The van der Waals surface area contributed by atoms with E-state index in [0.717, 1.165) is 11.1 Å². The molecule has 43 heavy (non-hydrogen) atoms. The molecule has 5 atom stereocenters. The van der Waals surface area contributed by atoms with Gasteiger partial charge in [0.1, 0.15) is 18.8 Å². The van der Waals surface area contributed by atoms with Gasteiger partial charge in [-0.25, -0.2) is 0 Å². The van der Waals surface area contributed by atoms with Gasteiger partial charge >= 0.3 is 23.9 Å². The van der Waals surface area contributed by atoms with Crippen LogP contribution in [0.4, 0.5) is 0 Å². The van der Waals surface area contributed by atoms with Crippen LogP contribution in [0, 0.1) is 11.3 Å². The molecule has 2 aromatic rings. The number of nitriles is 1. The Hall–Kier alpha value is -3.88. The summed E-state index contributed by atoms with van der Waals surface area (Å²) in [5.41, 5.74) is 4.10. The van der Waals surface area contributed by atoms with Crippen molar-refractivity contribution in [2.24, 2.45) is 0 Å². The van der Waals surface area contributed by atoms with E-state index in [-0.39, 0.29) is 6.61 Å². The van der Waals surface area contributed by atoms with Crippen LogP contribution in [0.25, 0.3) is 0 Å². The zero-order chi connectivity index (χ0) is 31.3. The summed E-state index contributed by atoms with van der Waals surface area (Å²) < 4.78 is 28.4. The molecular weight excluding hydrogens is 574 g/mol. The number of hydrogen-bond donors (Lipinski definition) is 0. The van der Waals surface area contributed by atoms with E-state index in [4.69, 9.17) is 23.7 Å². The summed E-state index contributed by atoms with van der Waals surface area (Å²) in [5, 5.41) is 10.0. The fourth-order valence-electron chi connectivity index (χ4n) is 5.32. The fourth-order valence-corrected chi connectivity index (χ4v) is 5.96. The number of hydrogen-bond acceptors (Lipinski definition) is 11. The van der Waals surface area contributed by atoms with Crippen molar-refractivity contribution in [3.63, 3.8) is 0 Å². The van der Waals surface area contributed by atoms with E-state index in [1.165, 1.54) is 57.9 Å². The standard InChI is InChI=1S/C32H35NO9S/c1-17(34)38-16-27-30(39-18(2)35)32(41-20(4)37)31(40-19(3)36)29(42-27)26-13-24(25(15-33)14-28(26)43-5)12-21-6-8-22(9-7-21)23-10-11-23/h6-9,13-14,23,27,29-32H,10-12,16H2,1-5H3/t27-,29+,30-,31+,32+/m1/s1. The van der Waals surface area contributed by atoms with Gasteiger partial charge in [-0.1, -0.05) is 30.3 Å². The Morgan fingerprint density at radius 2 is 1.49 bits per heavy atom. The number of rotatable bonds is 10. The maximum absolute atomic E-state index is 12.3. The second-order valence-electron chi connectivity index (χ2n) is 10.7. The predicted octanol–water partition coefficient (Wildman–Crippen LogP) is 4.55. The van der Waals surface area contributed by atoms with E-state index in [0.29, 0.717) is 28.4 Å². The monoisotopic (exact) mass is 609 g/mol. The number of esters is 4. The van der Waals surface area contributed by atoms with Gasteiger partial charge in [0, 0.05) is 32.6 Å². The van der Waals surface area contributed by atoms with Crippen LogP contribution in [0.15, 0.2) is 41.3 Å². The molecule has 11 heteroatoms. The van der Waals surface area contributed by atoms with Crippen molar-refractivity contribution in [3.05, 3.63) is 64.2 Å². The Morgan fingerprint density at radius 1 is 0.884 bits per heavy atom. The fraction of sp³-hybridized carbons (Fsp3) is 0.469. The summed E-state index contributed by atoms with van der Waals surface area (Å²) in [4.78, 5) is 49.1. The molecule has 2 fully saturated rings. The quantitative estimate of drug-likeness (QED) is 0.213. The van der Waals surface area contributed by atoms with Gasteiger partial charge in [-0.05, 0) is 59.8 Å². The number of carbonyl (C=O) groups excluding carboxylic acids is 4. The molecule has 2 aliphatic rings. The molecule has 1 heterocycles. The van der Waals surface area contributed by atoms with Crippen LogP contribution < -0.4 is 0 Å². The first-order valence-electron chi connectivity index (χ1n) is 14.0. The second-order valence-corrected chi connectivity index (χ2v) is 11.5. The van der Waals surface area contributed by atoms with Gasteiger partial charge in [-0.2, -0.15) is 5.26 Å². The van der Waals surface area contributed by atoms with Gasteiger partial charge in [-0.3, -0.25) is 19.2 Å². The molecule has 1 aliphatic carbocycles. The average Bonchev–Trinajstić information content (AvgIpc) is 3.79.